The van der Waals surface area contributed by atoms with Crippen molar-refractivity contribution >= 4 is 27.6 Å². The summed E-state index contributed by atoms with van der Waals surface area (Å²) in [6.45, 7) is 0.895. The van der Waals surface area contributed by atoms with Gasteiger partial charge in [-0.05, 0) is 17.7 Å². The van der Waals surface area contributed by atoms with Crippen molar-refractivity contribution in [3.63, 3.8) is 0 Å². The molecule has 0 spiro atoms. The van der Waals surface area contributed by atoms with Crippen molar-refractivity contribution in [2.45, 2.75) is 13.1 Å². The van der Waals surface area contributed by atoms with Crippen LogP contribution in [0.5, 0.6) is 5.88 Å². The number of amides is 2. The van der Waals surface area contributed by atoms with Gasteiger partial charge in [0.05, 0.1) is 23.9 Å². The number of thiazole rings is 1. The predicted molar refractivity (Wildman–Crippen MR) is 94.1 cm³/mol. The largest absolute Gasteiger partial charge is 0.481 e. The Bertz CT molecular complexity index is 799. The first-order valence-electron chi connectivity index (χ1n) is 7.48. The van der Waals surface area contributed by atoms with Crippen LogP contribution in [0.25, 0.3) is 10.2 Å². The van der Waals surface area contributed by atoms with E-state index < -0.39 is 0 Å². The number of carbonyl (C=O) groups excluding carboxylic acids is 1. The molecule has 3 aromatic rings. The number of hydrogen-bond donors (Lipinski definition) is 1. The highest BCUT2D eigenvalue weighted by atomic mass is 32.1. The van der Waals surface area contributed by atoms with Gasteiger partial charge in [0.25, 0.3) is 0 Å². The number of urea groups is 1. The van der Waals surface area contributed by atoms with Crippen LogP contribution in [0, 0.1) is 0 Å². The first-order valence-corrected chi connectivity index (χ1v) is 8.29. The molecule has 0 saturated heterocycles. The second-order valence-corrected chi connectivity index (χ2v) is 6.41. The summed E-state index contributed by atoms with van der Waals surface area (Å²) >= 11 is 1.60. The zero-order valence-electron chi connectivity index (χ0n) is 13.5. The third kappa shape index (κ3) is 3.80. The van der Waals surface area contributed by atoms with Crippen LogP contribution in [0.15, 0.2) is 42.6 Å². The molecule has 0 aliphatic rings. The third-order valence-electron chi connectivity index (χ3n) is 3.51. The quantitative estimate of drug-likeness (QED) is 0.774. The van der Waals surface area contributed by atoms with E-state index in [0.717, 1.165) is 20.8 Å². The monoisotopic (exact) mass is 342 g/mol. The average molecular weight is 342 g/mol. The first kappa shape index (κ1) is 16.2. The Kier molecular flexibility index (Phi) is 4.90. The highest BCUT2D eigenvalue weighted by Crippen LogP contribution is 2.22. The van der Waals surface area contributed by atoms with Crippen LogP contribution in [0.2, 0.25) is 0 Å². The SMILES string of the molecule is COc1ccc(CNC(=O)N(C)Cc2nc3ccccc3s2)cn1. The van der Waals surface area contributed by atoms with Crippen LogP contribution < -0.4 is 10.1 Å². The number of nitrogens with one attached hydrogen (secondary N) is 1. The number of rotatable bonds is 5. The summed E-state index contributed by atoms with van der Waals surface area (Å²) in [5, 5.41) is 3.79. The van der Waals surface area contributed by atoms with Gasteiger partial charge in [-0.3, -0.25) is 0 Å². The lowest BCUT2D eigenvalue weighted by atomic mass is 10.3. The molecule has 7 heteroatoms. The van der Waals surface area contributed by atoms with E-state index >= 15 is 0 Å². The summed E-state index contributed by atoms with van der Waals surface area (Å²) in [6.07, 6.45) is 1.69. The number of aromatic nitrogens is 2. The van der Waals surface area contributed by atoms with Gasteiger partial charge in [0, 0.05) is 25.9 Å². The molecule has 0 radical (unpaired) electrons. The Balaban J connectivity index is 1.55. The fourth-order valence-electron chi connectivity index (χ4n) is 2.21. The molecule has 1 N–H and O–H groups in total. The van der Waals surface area contributed by atoms with E-state index in [2.05, 4.69) is 15.3 Å². The number of ether oxygens (including phenoxy) is 1. The van der Waals surface area contributed by atoms with E-state index in [1.807, 2.05) is 30.3 Å². The van der Waals surface area contributed by atoms with Crippen LogP contribution in [0.1, 0.15) is 10.6 Å². The van der Waals surface area contributed by atoms with E-state index in [9.17, 15) is 4.79 Å². The number of pyridine rings is 1. The first-order chi connectivity index (χ1) is 11.7. The van der Waals surface area contributed by atoms with Gasteiger partial charge in [0.1, 0.15) is 5.01 Å². The highest BCUT2D eigenvalue weighted by molar-refractivity contribution is 7.18. The minimum absolute atomic E-state index is 0.148. The van der Waals surface area contributed by atoms with Gasteiger partial charge in [-0.25, -0.2) is 14.8 Å². The fraction of sp³-hybridized carbons (Fsp3) is 0.235. The number of fused-ring (bicyclic) bond motifs is 1. The molecule has 0 bridgehead atoms. The number of benzene rings is 1. The summed E-state index contributed by atoms with van der Waals surface area (Å²) in [7, 11) is 3.33. The minimum Gasteiger partial charge on any atom is -0.481 e. The second-order valence-electron chi connectivity index (χ2n) is 5.30. The highest BCUT2D eigenvalue weighted by Gasteiger charge is 2.12. The van der Waals surface area contributed by atoms with Crippen molar-refractivity contribution in [3.8, 4) is 5.88 Å². The van der Waals surface area contributed by atoms with Crippen molar-refractivity contribution in [2.24, 2.45) is 0 Å². The number of hydrogen-bond acceptors (Lipinski definition) is 5. The van der Waals surface area contributed by atoms with Gasteiger partial charge in [-0.1, -0.05) is 18.2 Å². The molecule has 0 aliphatic heterocycles. The molecular formula is C17H18N4O2S. The third-order valence-corrected chi connectivity index (χ3v) is 4.53. The molecule has 2 amide bonds. The minimum atomic E-state index is -0.148. The van der Waals surface area contributed by atoms with Gasteiger partial charge in [-0.15, -0.1) is 11.3 Å². The zero-order chi connectivity index (χ0) is 16.9. The Hall–Kier alpha value is -2.67. The van der Waals surface area contributed by atoms with Gasteiger partial charge >= 0.3 is 6.03 Å². The maximum atomic E-state index is 12.2. The summed E-state index contributed by atoms with van der Waals surface area (Å²) in [6, 6.07) is 11.5. The van der Waals surface area contributed by atoms with Gasteiger partial charge in [0.15, 0.2) is 0 Å². The van der Waals surface area contributed by atoms with Crippen LogP contribution >= 0.6 is 11.3 Å². The van der Waals surface area contributed by atoms with Crippen LogP contribution in [-0.4, -0.2) is 35.1 Å². The van der Waals surface area contributed by atoms with Crippen molar-refractivity contribution in [2.75, 3.05) is 14.2 Å². The summed E-state index contributed by atoms with van der Waals surface area (Å²) in [4.78, 5) is 22.5. The number of nitrogens with zero attached hydrogens (tertiary/aromatic N) is 3. The Labute approximate surface area is 144 Å². The average Bonchev–Trinajstić information content (AvgIpc) is 3.02. The second kappa shape index (κ2) is 7.27. The van der Waals surface area contributed by atoms with E-state index in [0.29, 0.717) is 19.0 Å². The lowest BCUT2D eigenvalue weighted by Gasteiger charge is -2.16. The lowest BCUT2D eigenvalue weighted by molar-refractivity contribution is 0.206. The molecule has 24 heavy (non-hydrogen) atoms. The van der Waals surface area contributed by atoms with Crippen molar-refractivity contribution in [3.05, 3.63) is 53.2 Å². The van der Waals surface area contributed by atoms with Gasteiger partial charge < -0.3 is 15.0 Å². The number of para-hydroxylation sites is 1. The van der Waals surface area contributed by atoms with Crippen molar-refractivity contribution < 1.29 is 9.53 Å². The predicted octanol–water partition coefficient (Wildman–Crippen LogP) is 3.04. The smallest absolute Gasteiger partial charge is 0.317 e. The maximum absolute atomic E-state index is 12.2. The van der Waals surface area contributed by atoms with E-state index in [-0.39, 0.29) is 6.03 Å². The van der Waals surface area contributed by atoms with E-state index in [1.54, 1.807) is 42.7 Å². The Morgan fingerprint density at radius 2 is 2.12 bits per heavy atom. The lowest BCUT2D eigenvalue weighted by Crippen LogP contribution is -2.36. The molecule has 1 aromatic carbocycles. The maximum Gasteiger partial charge on any atom is 0.317 e. The molecule has 6 nitrogen and oxygen atoms in total. The fourth-order valence-corrected chi connectivity index (χ4v) is 3.23. The standard InChI is InChI=1S/C17H18N4O2S/c1-21(11-16-20-13-5-3-4-6-14(13)24-16)17(22)19-10-12-7-8-15(23-2)18-9-12/h3-9H,10-11H2,1-2H3,(H,19,22). The molecule has 2 aromatic heterocycles. The van der Waals surface area contributed by atoms with E-state index in [4.69, 9.17) is 4.74 Å². The topological polar surface area (TPSA) is 67.3 Å². The summed E-state index contributed by atoms with van der Waals surface area (Å²) in [5.41, 5.74) is 1.88. The summed E-state index contributed by atoms with van der Waals surface area (Å²) in [5.74, 6) is 0.554. The Morgan fingerprint density at radius 1 is 1.29 bits per heavy atom. The normalized spacial score (nSPS) is 10.6. The Morgan fingerprint density at radius 3 is 2.83 bits per heavy atom. The van der Waals surface area contributed by atoms with Crippen molar-refractivity contribution in [1.82, 2.24) is 20.2 Å². The molecule has 0 saturated carbocycles. The van der Waals surface area contributed by atoms with Gasteiger partial charge in [-0.2, -0.15) is 0 Å². The zero-order valence-corrected chi connectivity index (χ0v) is 14.3. The molecule has 3 rings (SSSR count). The molecule has 0 fully saturated rings. The van der Waals surface area contributed by atoms with Crippen LogP contribution in [0.3, 0.4) is 0 Å². The molecule has 0 atom stereocenters. The molecule has 124 valence electrons. The molecule has 2 heterocycles. The summed E-state index contributed by atoms with van der Waals surface area (Å²) < 4.78 is 6.14. The van der Waals surface area contributed by atoms with E-state index in [1.165, 1.54) is 0 Å². The number of methoxy groups -OCH3 is 1. The van der Waals surface area contributed by atoms with Crippen LogP contribution in [-0.2, 0) is 13.1 Å². The molecule has 0 unspecified atom stereocenters. The van der Waals surface area contributed by atoms with Gasteiger partial charge in [0.2, 0.25) is 5.88 Å². The molecular weight excluding hydrogens is 324 g/mol. The number of carbonyl (C=O) groups is 1. The van der Waals surface area contributed by atoms with Crippen molar-refractivity contribution in [1.29, 1.82) is 0 Å². The van der Waals surface area contributed by atoms with Crippen LogP contribution in [0.4, 0.5) is 4.79 Å². The molecule has 0 aliphatic carbocycles.